The zero-order chi connectivity index (χ0) is 25.8. The molecule has 5 aromatic rings. The number of benzene rings is 2. The number of rotatable bonds is 8. The van der Waals surface area contributed by atoms with Gasteiger partial charge in [0.25, 0.3) is 0 Å². The predicted molar refractivity (Wildman–Crippen MR) is 128 cm³/mol. The summed E-state index contributed by atoms with van der Waals surface area (Å²) in [7, 11) is 0. The lowest BCUT2D eigenvalue weighted by atomic mass is 10.1. The minimum atomic E-state index is -4.61. The lowest BCUT2D eigenvalue weighted by Gasteiger charge is -2.07. The minimum Gasteiger partial charge on any atom is -0.487 e. The van der Waals surface area contributed by atoms with Crippen LogP contribution in [0, 0.1) is 5.82 Å². The topological polar surface area (TPSA) is 89.7 Å². The number of hydrogen-bond acceptors (Lipinski definition) is 7. The maximum absolute atomic E-state index is 14.0. The standard InChI is InChI=1S/C25H17F4N5O2S/c26-22-9-17(25(27,28)29)5-1-15(22)4-8-23-31-20(13-36-23)12-35-21-6-2-16(3-7-21)24-32-19(14-37-24)10-18-11-30-34-33-18/h1-9,11,13-14H,10,12H2,(H,30,33,34). The van der Waals surface area contributed by atoms with Gasteiger partial charge >= 0.3 is 6.18 Å². The summed E-state index contributed by atoms with van der Waals surface area (Å²) in [5.74, 6) is -0.206. The molecule has 0 atom stereocenters. The van der Waals surface area contributed by atoms with Crippen molar-refractivity contribution in [1.82, 2.24) is 25.4 Å². The van der Waals surface area contributed by atoms with Crippen LogP contribution in [0.5, 0.6) is 5.75 Å². The summed E-state index contributed by atoms with van der Waals surface area (Å²) in [6.07, 6.45) is 1.78. The summed E-state index contributed by atoms with van der Waals surface area (Å²) in [5, 5.41) is 13.2. The van der Waals surface area contributed by atoms with Crippen molar-refractivity contribution in [2.75, 3.05) is 0 Å². The maximum atomic E-state index is 14.0. The first-order valence-electron chi connectivity index (χ1n) is 10.9. The van der Waals surface area contributed by atoms with Gasteiger partial charge in [-0.25, -0.2) is 14.4 Å². The van der Waals surface area contributed by atoms with Crippen LogP contribution in [-0.2, 0) is 19.2 Å². The number of aromatic amines is 1. The number of nitrogens with one attached hydrogen (secondary N) is 1. The van der Waals surface area contributed by atoms with E-state index in [2.05, 4.69) is 25.4 Å². The van der Waals surface area contributed by atoms with E-state index in [0.29, 0.717) is 23.9 Å². The molecule has 3 heterocycles. The summed E-state index contributed by atoms with van der Waals surface area (Å²) in [5.41, 5.74) is 2.10. The molecule has 0 aliphatic heterocycles. The van der Waals surface area contributed by atoms with Gasteiger partial charge in [0.2, 0.25) is 5.89 Å². The molecule has 0 saturated heterocycles. The fourth-order valence-corrected chi connectivity index (χ4v) is 4.16. The zero-order valence-corrected chi connectivity index (χ0v) is 19.7. The van der Waals surface area contributed by atoms with E-state index in [1.807, 2.05) is 29.6 Å². The molecular formula is C25H17F4N5O2S. The monoisotopic (exact) mass is 527 g/mol. The molecule has 5 rings (SSSR count). The Morgan fingerprint density at radius 2 is 1.84 bits per heavy atom. The van der Waals surface area contributed by atoms with Crippen molar-refractivity contribution in [2.45, 2.75) is 19.2 Å². The Hall–Kier alpha value is -4.32. The van der Waals surface area contributed by atoms with E-state index in [-0.39, 0.29) is 18.1 Å². The van der Waals surface area contributed by atoms with Gasteiger partial charge in [-0.05, 0) is 42.5 Å². The molecule has 37 heavy (non-hydrogen) atoms. The van der Waals surface area contributed by atoms with Crippen LogP contribution in [0.3, 0.4) is 0 Å². The first kappa shape index (κ1) is 24.4. The van der Waals surface area contributed by atoms with Crippen molar-refractivity contribution < 1.29 is 26.7 Å². The summed E-state index contributed by atoms with van der Waals surface area (Å²) >= 11 is 1.54. The Bertz CT molecular complexity index is 1510. The number of ether oxygens (including phenoxy) is 1. The molecule has 0 bridgehead atoms. The van der Waals surface area contributed by atoms with Crippen LogP contribution in [0.4, 0.5) is 17.6 Å². The van der Waals surface area contributed by atoms with Crippen molar-refractivity contribution >= 4 is 23.5 Å². The van der Waals surface area contributed by atoms with Crippen molar-refractivity contribution in [1.29, 1.82) is 0 Å². The zero-order valence-electron chi connectivity index (χ0n) is 18.9. The number of hydrogen-bond donors (Lipinski definition) is 1. The fraction of sp³-hybridized carbons (Fsp3) is 0.120. The summed E-state index contributed by atoms with van der Waals surface area (Å²) in [6, 6.07) is 9.77. The van der Waals surface area contributed by atoms with Crippen LogP contribution >= 0.6 is 11.3 Å². The van der Waals surface area contributed by atoms with Crippen LogP contribution in [0.15, 0.2) is 64.7 Å². The summed E-state index contributed by atoms with van der Waals surface area (Å²) in [6.45, 7) is 0.129. The van der Waals surface area contributed by atoms with Gasteiger partial charge < -0.3 is 9.15 Å². The Balaban J connectivity index is 1.16. The molecule has 2 aromatic carbocycles. The van der Waals surface area contributed by atoms with Gasteiger partial charge in [0.1, 0.15) is 35.1 Å². The number of aromatic nitrogens is 5. The number of halogens is 4. The maximum Gasteiger partial charge on any atom is 0.416 e. The smallest absolute Gasteiger partial charge is 0.416 e. The number of nitrogens with zero attached hydrogens (tertiary/aromatic N) is 4. The third kappa shape index (κ3) is 6.09. The van der Waals surface area contributed by atoms with Crippen molar-refractivity contribution in [3.63, 3.8) is 0 Å². The Labute approximate surface area is 211 Å². The highest BCUT2D eigenvalue weighted by Crippen LogP contribution is 2.31. The van der Waals surface area contributed by atoms with Gasteiger partial charge in [0.05, 0.1) is 17.0 Å². The second kappa shape index (κ2) is 10.3. The third-order valence-electron chi connectivity index (χ3n) is 5.17. The van der Waals surface area contributed by atoms with Gasteiger partial charge in [0, 0.05) is 35.2 Å². The average Bonchev–Trinajstić information content (AvgIpc) is 3.65. The largest absolute Gasteiger partial charge is 0.487 e. The fourth-order valence-electron chi connectivity index (χ4n) is 3.33. The lowest BCUT2D eigenvalue weighted by Crippen LogP contribution is -2.05. The Morgan fingerprint density at radius 1 is 1.00 bits per heavy atom. The van der Waals surface area contributed by atoms with E-state index < -0.39 is 17.6 Å². The summed E-state index contributed by atoms with van der Waals surface area (Å²) in [4.78, 5) is 8.86. The molecular weight excluding hydrogens is 510 g/mol. The second-order valence-electron chi connectivity index (χ2n) is 7.84. The molecule has 12 heteroatoms. The quantitative estimate of drug-likeness (QED) is 0.235. The Kier molecular flexibility index (Phi) is 6.82. The first-order valence-corrected chi connectivity index (χ1v) is 11.7. The predicted octanol–water partition coefficient (Wildman–Crippen LogP) is 6.41. The number of thiazole rings is 1. The number of alkyl halides is 3. The molecule has 7 nitrogen and oxygen atoms in total. The Morgan fingerprint density at radius 3 is 2.57 bits per heavy atom. The molecule has 0 spiro atoms. The molecule has 3 aromatic heterocycles. The van der Waals surface area contributed by atoms with Crippen LogP contribution < -0.4 is 4.74 Å². The highest BCUT2D eigenvalue weighted by atomic mass is 32.1. The molecule has 0 amide bonds. The van der Waals surface area contributed by atoms with E-state index in [0.717, 1.165) is 34.1 Å². The normalized spacial score (nSPS) is 11.9. The van der Waals surface area contributed by atoms with Gasteiger partial charge in [-0.1, -0.05) is 11.3 Å². The second-order valence-corrected chi connectivity index (χ2v) is 8.70. The lowest BCUT2D eigenvalue weighted by molar-refractivity contribution is -0.137. The van der Waals surface area contributed by atoms with Crippen LogP contribution in [0.2, 0.25) is 0 Å². The van der Waals surface area contributed by atoms with E-state index in [4.69, 9.17) is 9.15 Å². The van der Waals surface area contributed by atoms with Gasteiger partial charge in [0.15, 0.2) is 0 Å². The van der Waals surface area contributed by atoms with Crippen molar-refractivity contribution in [3.05, 3.63) is 100 Å². The average molecular weight is 528 g/mol. The molecule has 0 fully saturated rings. The molecule has 1 N–H and O–H groups in total. The SMILES string of the molecule is Fc1cc(C(F)(F)F)ccc1C=Cc1nc(COc2ccc(-c3nc(Cc4c[nH]nn4)cs3)cc2)co1. The molecule has 0 aliphatic carbocycles. The van der Waals surface area contributed by atoms with Crippen molar-refractivity contribution in [2.24, 2.45) is 0 Å². The minimum absolute atomic E-state index is 0.0189. The number of oxazole rings is 1. The van der Waals surface area contributed by atoms with E-state index in [9.17, 15) is 17.6 Å². The van der Waals surface area contributed by atoms with Crippen molar-refractivity contribution in [3.8, 4) is 16.3 Å². The van der Waals surface area contributed by atoms with Crippen LogP contribution in [0.25, 0.3) is 22.7 Å². The van der Waals surface area contributed by atoms with Crippen LogP contribution in [0.1, 0.15) is 34.1 Å². The highest BCUT2D eigenvalue weighted by molar-refractivity contribution is 7.13. The van der Waals surface area contributed by atoms with E-state index in [1.165, 1.54) is 29.8 Å². The molecule has 188 valence electrons. The number of H-pyrrole nitrogens is 1. The molecule has 0 aliphatic rings. The first-order chi connectivity index (χ1) is 17.8. The van der Waals surface area contributed by atoms with Crippen LogP contribution in [-0.4, -0.2) is 25.4 Å². The molecule has 0 radical (unpaired) electrons. The highest BCUT2D eigenvalue weighted by Gasteiger charge is 2.31. The van der Waals surface area contributed by atoms with Gasteiger partial charge in [-0.15, -0.1) is 16.4 Å². The summed E-state index contributed by atoms with van der Waals surface area (Å²) < 4.78 is 63.1. The van der Waals surface area contributed by atoms with E-state index in [1.54, 1.807) is 6.20 Å². The molecule has 0 unspecified atom stereocenters. The van der Waals surface area contributed by atoms with Gasteiger partial charge in [-0.2, -0.15) is 13.2 Å². The third-order valence-corrected chi connectivity index (χ3v) is 6.11. The molecule has 0 saturated carbocycles. The van der Waals surface area contributed by atoms with E-state index >= 15 is 0 Å². The van der Waals surface area contributed by atoms with Gasteiger partial charge in [-0.3, -0.25) is 5.10 Å².